The second-order valence-electron chi connectivity index (χ2n) is 6.15. The second kappa shape index (κ2) is 8.29. The molecule has 2 amide bonds. The molecule has 0 radical (unpaired) electrons. The van der Waals surface area contributed by atoms with Gasteiger partial charge in [-0.05, 0) is 36.4 Å². The van der Waals surface area contributed by atoms with Gasteiger partial charge in [0.2, 0.25) is 11.9 Å². The van der Waals surface area contributed by atoms with Crippen molar-refractivity contribution >= 4 is 29.0 Å². The molecule has 1 fully saturated rings. The van der Waals surface area contributed by atoms with Crippen molar-refractivity contribution in [3.63, 3.8) is 0 Å². The van der Waals surface area contributed by atoms with Crippen LogP contribution in [0.25, 0.3) is 0 Å². The first-order chi connectivity index (χ1) is 13.8. The standard InChI is InChI=1S/C18H17F2N5O4/c19-12-6-5-11(15(20)24-12)25-7-8-29-14(18(25)28)13(26)17(27)23-10-3-1-9(2-4-10)16(21)22/h1-6,13-14,26H,7-8H2,(H3,21,22)(H,23,27)/t13-,14-/m1/s1. The van der Waals surface area contributed by atoms with Crippen LogP contribution in [0.1, 0.15) is 5.56 Å². The summed E-state index contributed by atoms with van der Waals surface area (Å²) in [6, 6.07) is 7.87. The predicted octanol–water partition coefficient (Wildman–Crippen LogP) is 0.375. The van der Waals surface area contributed by atoms with Crippen molar-refractivity contribution in [3.8, 4) is 0 Å². The Morgan fingerprint density at radius 2 is 2.00 bits per heavy atom. The number of aliphatic hydroxyl groups excluding tert-OH is 1. The van der Waals surface area contributed by atoms with Crippen LogP contribution < -0.4 is 16.0 Å². The summed E-state index contributed by atoms with van der Waals surface area (Å²) in [5, 5.41) is 20.0. The van der Waals surface area contributed by atoms with E-state index in [2.05, 4.69) is 10.3 Å². The number of amidine groups is 1. The van der Waals surface area contributed by atoms with E-state index >= 15 is 0 Å². The van der Waals surface area contributed by atoms with Gasteiger partial charge in [-0.3, -0.25) is 15.0 Å². The van der Waals surface area contributed by atoms with E-state index in [1.807, 2.05) is 0 Å². The minimum Gasteiger partial charge on any atom is -0.384 e. The molecule has 1 aliphatic heterocycles. The van der Waals surface area contributed by atoms with E-state index in [1.165, 1.54) is 24.3 Å². The zero-order chi connectivity index (χ0) is 21.1. The number of aliphatic hydroxyl groups is 1. The molecule has 0 bridgehead atoms. The molecule has 5 N–H and O–H groups in total. The monoisotopic (exact) mass is 405 g/mol. The van der Waals surface area contributed by atoms with Crippen LogP contribution in [0.4, 0.5) is 20.2 Å². The highest BCUT2D eigenvalue weighted by molar-refractivity contribution is 6.04. The Bertz CT molecular complexity index is 954. The topological polar surface area (TPSA) is 142 Å². The molecule has 2 heterocycles. The molecule has 0 aliphatic carbocycles. The predicted molar refractivity (Wildman–Crippen MR) is 98.3 cm³/mol. The number of carbonyl (C=O) groups is 2. The van der Waals surface area contributed by atoms with Gasteiger partial charge in [0, 0.05) is 17.8 Å². The summed E-state index contributed by atoms with van der Waals surface area (Å²) in [5.41, 5.74) is 5.81. The highest BCUT2D eigenvalue weighted by Gasteiger charge is 2.40. The lowest BCUT2D eigenvalue weighted by Gasteiger charge is -2.33. The van der Waals surface area contributed by atoms with Gasteiger partial charge in [0.1, 0.15) is 5.84 Å². The Labute approximate surface area is 163 Å². The summed E-state index contributed by atoms with van der Waals surface area (Å²) in [5.74, 6) is -4.16. The molecule has 0 unspecified atom stereocenters. The SMILES string of the molecule is N=C(N)c1ccc(NC(=O)[C@H](O)[C@H]2OCCN(c3ccc(F)nc3F)C2=O)cc1. The number of benzene rings is 1. The van der Waals surface area contributed by atoms with E-state index in [0.717, 1.165) is 17.0 Å². The van der Waals surface area contributed by atoms with E-state index in [-0.39, 0.29) is 24.7 Å². The third kappa shape index (κ3) is 4.36. The molecule has 3 rings (SSSR count). The zero-order valence-electron chi connectivity index (χ0n) is 14.9. The van der Waals surface area contributed by atoms with Crippen molar-refractivity contribution in [2.24, 2.45) is 5.73 Å². The van der Waals surface area contributed by atoms with Gasteiger partial charge in [0.15, 0.2) is 12.2 Å². The smallest absolute Gasteiger partial charge is 0.259 e. The molecular weight excluding hydrogens is 388 g/mol. The number of carbonyl (C=O) groups excluding carboxylic acids is 2. The third-order valence-corrected chi connectivity index (χ3v) is 4.23. The number of anilines is 2. The van der Waals surface area contributed by atoms with Crippen LogP contribution in [0.3, 0.4) is 0 Å². The minimum atomic E-state index is -1.88. The summed E-state index contributed by atoms with van der Waals surface area (Å²) in [6.07, 6.45) is -3.46. The van der Waals surface area contributed by atoms with Crippen molar-refractivity contribution < 1.29 is 28.2 Å². The summed E-state index contributed by atoms with van der Waals surface area (Å²) >= 11 is 0. The zero-order valence-corrected chi connectivity index (χ0v) is 14.9. The highest BCUT2D eigenvalue weighted by Crippen LogP contribution is 2.23. The maximum atomic E-state index is 13.9. The van der Waals surface area contributed by atoms with Crippen LogP contribution in [0, 0.1) is 17.3 Å². The first kappa shape index (κ1) is 20.3. The molecule has 9 nitrogen and oxygen atoms in total. The molecule has 2 aromatic rings. The number of aromatic nitrogens is 1. The molecule has 29 heavy (non-hydrogen) atoms. The second-order valence-corrected chi connectivity index (χ2v) is 6.15. The molecule has 11 heteroatoms. The van der Waals surface area contributed by atoms with Gasteiger partial charge >= 0.3 is 0 Å². The van der Waals surface area contributed by atoms with Crippen molar-refractivity contribution in [2.75, 3.05) is 23.4 Å². The van der Waals surface area contributed by atoms with E-state index in [0.29, 0.717) is 11.3 Å². The lowest BCUT2D eigenvalue weighted by molar-refractivity contribution is -0.150. The number of amides is 2. The van der Waals surface area contributed by atoms with E-state index in [1.54, 1.807) is 0 Å². The highest BCUT2D eigenvalue weighted by atomic mass is 19.1. The molecule has 1 aliphatic rings. The number of nitrogen functional groups attached to an aromatic ring is 1. The summed E-state index contributed by atoms with van der Waals surface area (Å²) in [7, 11) is 0. The van der Waals surface area contributed by atoms with Gasteiger partial charge < -0.3 is 25.8 Å². The van der Waals surface area contributed by atoms with Gasteiger partial charge in [-0.2, -0.15) is 13.8 Å². The summed E-state index contributed by atoms with van der Waals surface area (Å²) in [4.78, 5) is 28.9. The quantitative estimate of drug-likeness (QED) is 0.322. The van der Waals surface area contributed by atoms with Gasteiger partial charge in [-0.25, -0.2) is 0 Å². The lowest BCUT2D eigenvalue weighted by Crippen LogP contribution is -2.55. The van der Waals surface area contributed by atoms with Crippen LogP contribution in [-0.4, -0.2) is 53.1 Å². The van der Waals surface area contributed by atoms with Gasteiger partial charge in [-0.1, -0.05) is 0 Å². The number of nitrogens with one attached hydrogen (secondary N) is 2. The first-order valence-electron chi connectivity index (χ1n) is 8.46. The molecule has 152 valence electrons. The van der Waals surface area contributed by atoms with E-state index in [9.17, 15) is 23.5 Å². The van der Waals surface area contributed by atoms with Gasteiger partial charge in [0.25, 0.3) is 11.8 Å². The number of hydrogen-bond acceptors (Lipinski definition) is 6. The normalized spacial score (nSPS) is 17.7. The fourth-order valence-corrected chi connectivity index (χ4v) is 2.76. The van der Waals surface area contributed by atoms with Crippen LogP contribution in [0.15, 0.2) is 36.4 Å². The maximum absolute atomic E-state index is 13.9. The Morgan fingerprint density at radius 3 is 2.62 bits per heavy atom. The number of nitrogens with zero attached hydrogens (tertiary/aromatic N) is 2. The number of pyridine rings is 1. The summed E-state index contributed by atoms with van der Waals surface area (Å²) < 4.78 is 32.1. The first-order valence-corrected chi connectivity index (χ1v) is 8.46. The number of morpholine rings is 1. The lowest BCUT2D eigenvalue weighted by atomic mass is 10.1. The third-order valence-electron chi connectivity index (χ3n) is 4.23. The minimum absolute atomic E-state index is 0.0551. The Kier molecular flexibility index (Phi) is 5.80. The van der Waals surface area contributed by atoms with Crippen LogP contribution >= 0.6 is 0 Å². The van der Waals surface area contributed by atoms with Crippen molar-refractivity contribution in [2.45, 2.75) is 12.2 Å². The fourth-order valence-electron chi connectivity index (χ4n) is 2.76. The van der Waals surface area contributed by atoms with Crippen molar-refractivity contribution in [1.29, 1.82) is 5.41 Å². The molecular formula is C18H17F2N5O4. The average molecular weight is 405 g/mol. The van der Waals surface area contributed by atoms with E-state index < -0.39 is 35.9 Å². The number of halogens is 2. The van der Waals surface area contributed by atoms with Gasteiger partial charge in [-0.15, -0.1) is 0 Å². The van der Waals surface area contributed by atoms with Crippen LogP contribution in [0.2, 0.25) is 0 Å². The van der Waals surface area contributed by atoms with Crippen molar-refractivity contribution in [1.82, 2.24) is 4.98 Å². The molecule has 2 atom stereocenters. The van der Waals surface area contributed by atoms with Crippen molar-refractivity contribution in [3.05, 3.63) is 53.9 Å². The largest absolute Gasteiger partial charge is 0.384 e. The average Bonchev–Trinajstić information content (AvgIpc) is 2.68. The maximum Gasteiger partial charge on any atom is 0.259 e. The Balaban J connectivity index is 1.72. The molecule has 1 aromatic heterocycles. The fraction of sp³-hybridized carbons (Fsp3) is 0.222. The number of rotatable bonds is 5. The van der Waals surface area contributed by atoms with Gasteiger partial charge in [0.05, 0.1) is 12.3 Å². The number of hydrogen-bond donors (Lipinski definition) is 4. The van der Waals surface area contributed by atoms with Crippen LogP contribution in [0.5, 0.6) is 0 Å². The van der Waals surface area contributed by atoms with Crippen LogP contribution in [-0.2, 0) is 14.3 Å². The molecule has 1 aromatic carbocycles. The number of nitrogens with two attached hydrogens (primary N) is 1. The number of ether oxygens (including phenoxy) is 1. The molecule has 0 spiro atoms. The summed E-state index contributed by atoms with van der Waals surface area (Å²) in [6.45, 7) is -0.134. The molecule has 0 saturated carbocycles. The Hall–Kier alpha value is -3.44. The van der Waals surface area contributed by atoms with E-state index in [4.69, 9.17) is 15.9 Å². The molecule has 1 saturated heterocycles. The Morgan fingerprint density at radius 1 is 1.31 bits per heavy atom.